The van der Waals surface area contributed by atoms with Gasteiger partial charge in [0.15, 0.2) is 0 Å². The summed E-state index contributed by atoms with van der Waals surface area (Å²) in [7, 11) is 2.00. The third-order valence-corrected chi connectivity index (χ3v) is 11.5. The van der Waals surface area contributed by atoms with Gasteiger partial charge in [-0.3, -0.25) is 4.98 Å². The summed E-state index contributed by atoms with van der Waals surface area (Å²) in [6, 6.07) is 9.58. The predicted molar refractivity (Wildman–Crippen MR) is 143 cm³/mol. The molecule has 1 saturated heterocycles. The Kier molecular flexibility index (Phi) is 4.83. The first-order chi connectivity index (χ1) is 17.2. The molecule has 3 fully saturated rings. The molecule has 1 unspecified atom stereocenters. The molecule has 7 atom stereocenters. The number of hydrogen-bond acceptors (Lipinski definition) is 3. The van der Waals surface area contributed by atoms with Crippen LogP contribution in [0.1, 0.15) is 83.6 Å². The minimum absolute atomic E-state index is 0.105. The Morgan fingerprint density at radius 1 is 1.11 bits per heavy atom. The molecule has 2 aliphatic heterocycles. The molecule has 36 heavy (non-hydrogen) atoms. The SMILES string of the molecule is CC(C)[N+](C)(O)[C@H]1CCC2=CC3=CC[C@]4(C)[C@@H](c5ccc6ccncc6c5)CC[C@H]4[C@@]34CC[C@]2(C1)O4. The lowest BCUT2D eigenvalue weighted by Gasteiger charge is -2.55. The highest BCUT2D eigenvalue weighted by Crippen LogP contribution is 2.69. The molecule has 190 valence electrons. The summed E-state index contributed by atoms with van der Waals surface area (Å²) < 4.78 is 7.56. The van der Waals surface area contributed by atoms with Crippen LogP contribution in [0.15, 0.2) is 60.0 Å². The lowest BCUT2D eigenvalue weighted by atomic mass is 9.58. The van der Waals surface area contributed by atoms with Crippen LogP contribution in [-0.2, 0) is 4.74 Å². The number of aromatic nitrogens is 1. The Bertz CT molecular complexity index is 1290. The van der Waals surface area contributed by atoms with Crippen LogP contribution in [0.25, 0.3) is 10.8 Å². The number of quaternary nitrogens is 1. The molecule has 2 saturated carbocycles. The topological polar surface area (TPSA) is 42.4 Å². The third kappa shape index (κ3) is 2.95. The monoisotopic (exact) mass is 485 g/mol. The van der Waals surface area contributed by atoms with E-state index in [0.717, 1.165) is 38.5 Å². The molecule has 1 N–H and O–H groups in total. The van der Waals surface area contributed by atoms with Crippen molar-refractivity contribution >= 4 is 10.8 Å². The molecule has 2 bridgehead atoms. The zero-order valence-corrected chi connectivity index (χ0v) is 22.3. The largest absolute Gasteiger partial charge is 0.359 e. The van der Waals surface area contributed by atoms with E-state index in [1.54, 1.807) is 0 Å². The molecule has 1 aromatic heterocycles. The Labute approximate surface area is 215 Å². The van der Waals surface area contributed by atoms with Gasteiger partial charge < -0.3 is 4.74 Å². The van der Waals surface area contributed by atoms with Crippen LogP contribution in [-0.4, -0.2) is 45.2 Å². The molecule has 0 amide bonds. The highest BCUT2D eigenvalue weighted by Gasteiger charge is 2.67. The Balaban J connectivity index is 1.25. The van der Waals surface area contributed by atoms with Crippen LogP contribution >= 0.6 is 0 Å². The number of benzene rings is 1. The smallest absolute Gasteiger partial charge is 0.122 e. The summed E-state index contributed by atoms with van der Waals surface area (Å²) >= 11 is 0. The van der Waals surface area contributed by atoms with Gasteiger partial charge in [0.25, 0.3) is 0 Å². The van der Waals surface area contributed by atoms with Crippen molar-refractivity contribution in [3.8, 4) is 0 Å². The fourth-order valence-corrected chi connectivity index (χ4v) is 9.12. The number of hydroxylamine groups is 3. The summed E-state index contributed by atoms with van der Waals surface area (Å²) in [5, 5.41) is 13.9. The van der Waals surface area contributed by atoms with E-state index < -0.39 is 0 Å². The predicted octanol–water partition coefficient (Wildman–Crippen LogP) is 7.09. The number of pyridine rings is 1. The second-order valence-corrected chi connectivity index (χ2v) is 13.3. The summed E-state index contributed by atoms with van der Waals surface area (Å²) in [6.45, 7) is 6.81. The normalized spacial score (nSPS) is 40.8. The zero-order chi connectivity index (χ0) is 24.9. The van der Waals surface area contributed by atoms with Gasteiger partial charge in [-0.1, -0.05) is 31.2 Å². The van der Waals surface area contributed by atoms with Crippen molar-refractivity contribution in [2.75, 3.05) is 7.05 Å². The molecule has 7 rings (SSSR count). The lowest BCUT2D eigenvalue weighted by molar-refractivity contribution is -1.12. The average molecular weight is 486 g/mol. The van der Waals surface area contributed by atoms with Gasteiger partial charge in [0.05, 0.1) is 18.2 Å². The molecular formula is C32H41N2O2+. The van der Waals surface area contributed by atoms with Crippen LogP contribution < -0.4 is 0 Å². The number of rotatable bonds is 3. The van der Waals surface area contributed by atoms with Crippen molar-refractivity contribution < 1.29 is 14.6 Å². The summed E-state index contributed by atoms with van der Waals surface area (Å²) in [4.78, 5) is 4.38. The van der Waals surface area contributed by atoms with E-state index in [9.17, 15) is 5.21 Å². The number of ether oxygens (including phenoxy) is 1. The quantitative estimate of drug-likeness (QED) is 0.373. The van der Waals surface area contributed by atoms with Gasteiger partial charge in [0.2, 0.25) is 0 Å². The number of nitrogens with zero attached hydrogens (tertiary/aromatic N) is 2. The fraction of sp³-hybridized carbons (Fsp3) is 0.594. The van der Waals surface area contributed by atoms with Crippen LogP contribution in [0, 0.1) is 11.3 Å². The van der Waals surface area contributed by atoms with Gasteiger partial charge in [0, 0.05) is 30.6 Å². The maximum Gasteiger partial charge on any atom is 0.122 e. The third-order valence-electron chi connectivity index (χ3n) is 11.5. The fourth-order valence-electron chi connectivity index (χ4n) is 9.12. The van der Waals surface area contributed by atoms with Gasteiger partial charge in [-0.05, 0) is 104 Å². The number of fused-ring (bicyclic) bond motifs is 2. The summed E-state index contributed by atoms with van der Waals surface area (Å²) in [5.41, 5.74) is 4.31. The van der Waals surface area contributed by atoms with E-state index in [2.05, 4.69) is 62.2 Å². The minimum atomic E-state index is -0.178. The number of allylic oxidation sites excluding steroid dienone is 1. The van der Waals surface area contributed by atoms with Crippen LogP contribution in [0.4, 0.5) is 0 Å². The first-order valence-electron chi connectivity index (χ1n) is 14.2. The van der Waals surface area contributed by atoms with Gasteiger partial charge in [-0.15, -0.1) is 0 Å². The number of hydrogen-bond donors (Lipinski definition) is 1. The van der Waals surface area contributed by atoms with Crippen molar-refractivity contribution in [3.05, 3.63) is 65.5 Å². The first kappa shape index (κ1) is 23.1. The molecule has 4 nitrogen and oxygen atoms in total. The zero-order valence-electron chi connectivity index (χ0n) is 22.3. The second kappa shape index (κ2) is 7.52. The molecule has 5 aliphatic rings. The first-order valence-corrected chi connectivity index (χ1v) is 14.2. The molecule has 2 spiro atoms. The maximum atomic E-state index is 11.3. The standard InChI is InChI=1S/C32H41N2O2/c1-21(2)34(4,35)27-8-7-25-18-26-11-13-30(3)28(23-6-5-22-12-16-33-20-24(22)17-23)9-10-29(30)32(26)15-14-31(25,19-27)36-32/h5-6,11-12,16-18,20-21,27-29,35H,7-10,13-15,19H2,1-4H3/q+1/t27-,28+,29+,30+,31+,32+,34?/m0/s1. The van der Waals surface area contributed by atoms with Crippen LogP contribution in [0.2, 0.25) is 0 Å². The summed E-state index contributed by atoms with van der Waals surface area (Å²) in [5.74, 6) is 1.08. The van der Waals surface area contributed by atoms with E-state index in [-0.39, 0.29) is 33.3 Å². The van der Waals surface area contributed by atoms with E-state index in [0.29, 0.717) is 11.8 Å². The van der Waals surface area contributed by atoms with Crippen LogP contribution in [0.5, 0.6) is 0 Å². The van der Waals surface area contributed by atoms with E-state index in [1.807, 2.05) is 19.4 Å². The second-order valence-electron chi connectivity index (χ2n) is 13.3. The van der Waals surface area contributed by atoms with Gasteiger partial charge in [-0.25, -0.2) is 5.21 Å². The van der Waals surface area contributed by atoms with Crippen LogP contribution in [0.3, 0.4) is 0 Å². The summed E-state index contributed by atoms with van der Waals surface area (Å²) in [6.07, 6.45) is 17.8. The highest BCUT2D eigenvalue weighted by molar-refractivity contribution is 5.82. The molecule has 4 heteroatoms. The van der Waals surface area contributed by atoms with Gasteiger partial charge in [-0.2, -0.15) is 4.65 Å². The maximum absolute atomic E-state index is 11.3. The average Bonchev–Trinajstić information content (AvgIpc) is 3.38. The van der Waals surface area contributed by atoms with Crippen molar-refractivity contribution in [1.29, 1.82) is 0 Å². The van der Waals surface area contributed by atoms with Crippen molar-refractivity contribution in [2.24, 2.45) is 11.3 Å². The van der Waals surface area contributed by atoms with Gasteiger partial charge in [0.1, 0.15) is 12.1 Å². The van der Waals surface area contributed by atoms with E-state index >= 15 is 0 Å². The highest BCUT2D eigenvalue weighted by atomic mass is 16.6. The molecule has 3 heterocycles. The van der Waals surface area contributed by atoms with Crippen molar-refractivity contribution in [3.63, 3.8) is 0 Å². The van der Waals surface area contributed by atoms with Gasteiger partial charge >= 0.3 is 0 Å². The van der Waals surface area contributed by atoms with Crippen molar-refractivity contribution in [2.45, 2.75) is 101 Å². The molecule has 3 aliphatic carbocycles. The van der Waals surface area contributed by atoms with E-state index in [1.165, 1.54) is 40.3 Å². The molecule has 0 radical (unpaired) electrons. The lowest BCUT2D eigenvalue weighted by Crippen LogP contribution is -2.60. The molecular weight excluding hydrogens is 444 g/mol. The molecule has 2 aromatic rings. The molecule has 1 aromatic carbocycles. The Morgan fingerprint density at radius 3 is 2.81 bits per heavy atom. The van der Waals surface area contributed by atoms with Crippen molar-refractivity contribution in [1.82, 2.24) is 4.98 Å². The van der Waals surface area contributed by atoms with E-state index in [4.69, 9.17) is 4.74 Å². The Hall–Kier alpha value is -2.01. The minimum Gasteiger partial charge on any atom is -0.359 e. The Morgan fingerprint density at radius 2 is 1.97 bits per heavy atom.